The Morgan fingerprint density at radius 3 is 2.20 bits per heavy atom. The molecular formula is C17H22N2O. The van der Waals surface area contributed by atoms with Crippen LogP contribution in [-0.2, 0) is 0 Å². The molecule has 0 fully saturated rings. The van der Waals surface area contributed by atoms with E-state index >= 15 is 0 Å². The van der Waals surface area contributed by atoms with Crippen molar-refractivity contribution in [2.24, 2.45) is 5.73 Å². The van der Waals surface area contributed by atoms with Crippen molar-refractivity contribution in [1.82, 2.24) is 4.98 Å². The summed E-state index contributed by atoms with van der Waals surface area (Å²) in [6.07, 6.45) is 2.76. The first-order valence-corrected chi connectivity index (χ1v) is 7.01. The van der Waals surface area contributed by atoms with Gasteiger partial charge in [-0.05, 0) is 28.7 Å². The van der Waals surface area contributed by atoms with Crippen LogP contribution in [0.2, 0.25) is 0 Å². The minimum Gasteiger partial charge on any atom is -0.388 e. The van der Waals surface area contributed by atoms with E-state index in [1.807, 2.05) is 12.1 Å². The molecule has 0 spiro atoms. The quantitative estimate of drug-likeness (QED) is 0.878. The smallest absolute Gasteiger partial charge is 0.0885 e. The van der Waals surface area contributed by atoms with Crippen LogP contribution in [0.1, 0.15) is 48.5 Å². The predicted molar refractivity (Wildman–Crippen MR) is 81.5 cm³/mol. The summed E-state index contributed by atoms with van der Waals surface area (Å²) in [4.78, 5) is 4.05. The van der Waals surface area contributed by atoms with Gasteiger partial charge in [0, 0.05) is 24.9 Å². The molecule has 0 amide bonds. The maximum Gasteiger partial charge on any atom is 0.0885 e. The van der Waals surface area contributed by atoms with E-state index in [-0.39, 0.29) is 5.92 Å². The summed E-state index contributed by atoms with van der Waals surface area (Å²) in [6.45, 7) is 4.73. The lowest BCUT2D eigenvalue weighted by Crippen LogP contribution is -2.20. The average molecular weight is 270 g/mol. The number of rotatable bonds is 5. The summed E-state index contributed by atoms with van der Waals surface area (Å²) in [6, 6.07) is 12.0. The summed E-state index contributed by atoms with van der Waals surface area (Å²) < 4.78 is 0. The second-order valence-corrected chi connectivity index (χ2v) is 5.39. The number of nitrogens with two attached hydrogens (primary N) is 1. The Hall–Kier alpha value is -1.71. The number of hydrogen-bond acceptors (Lipinski definition) is 3. The summed E-state index contributed by atoms with van der Waals surface area (Å²) in [5.74, 6) is 0.393. The Labute approximate surface area is 120 Å². The summed E-state index contributed by atoms with van der Waals surface area (Å²) in [5, 5.41) is 10.5. The largest absolute Gasteiger partial charge is 0.388 e. The zero-order valence-corrected chi connectivity index (χ0v) is 12.0. The number of aliphatic hydroxyl groups excluding tert-OH is 1. The lowest BCUT2D eigenvalue weighted by molar-refractivity contribution is 0.147. The molecule has 0 bridgehead atoms. The normalized spacial score (nSPS) is 14.2. The van der Waals surface area contributed by atoms with Crippen LogP contribution < -0.4 is 5.73 Å². The molecule has 0 aliphatic rings. The van der Waals surface area contributed by atoms with Crippen LogP contribution in [0.3, 0.4) is 0 Å². The molecule has 0 aliphatic carbocycles. The molecule has 3 nitrogen and oxygen atoms in total. The minimum absolute atomic E-state index is 0.111. The molecule has 0 saturated heterocycles. The fourth-order valence-electron chi connectivity index (χ4n) is 2.36. The van der Waals surface area contributed by atoms with Crippen LogP contribution in [0.15, 0.2) is 48.8 Å². The average Bonchev–Trinajstić information content (AvgIpc) is 2.49. The van der Waals surface area contributed by atoms with E-state index in [1.165, 1.54) is 5.56 Å². The number of benzene rings is 1. The van der Waals surface area contributed by atoms with Crippen molar-refractivity contribution in [3.63, 3.8) is 0 Å². The molecule has 3 N–H and O–H groups in total. The maximum absolute atomic E-state index is 10.5. The third-order valence-corrected chi connectivity index (χ3v) is 3.69. The van der Waals surface area contributed by atoms with Gasteiger partial charge in [0.15, 0.2) is 0 Å². The van der Waals surface area contributed by atoms with Crippen LogP contribution >= 0.6 is 0 Å². The van der Waals surface area contributed by atoms with E-state index < -0.39 is 6.10 Å². The number of aliphatic hydroxyl groups is 1. The molecule has 1 aromatic carbocycles. The fourth-order valence-corrected chi connectivity index (χ4v) is 2.36. The number of pyridine rings is 1. The molecule has 2 atom stereocenters. The molecule has 1 heterocycles. The molecule has 20 heavy (non-hydrogen) atoms. The van der Waals surface area contributed by atoms with Crippen LogP contribution in [-0.4, -0.2) is 16.6 Å². The minimum atomic E-state index is -0.626. The first-order valence-electron chi connectivity index (χ1n) is 7.01. The van der Waals surface area contributed by atoms with Crippen molar-refractivity contribution in [2.45, 2.75) is 31.8 Å². The molecule has 2 unspecified atom stereocenters. The first kappa shape index (κ1) is 14.7. The molecular weight excluding hydrogens is 248 g/mol. The van der Waals surface area contributed by atoms with E-state index in [4.69, 9.17) is 5.73 Å². The molecule has 0 radical (unpaired) electrons. The van der Waals surface area contributed by atoms with Crippen molar-refractivity contribution in [1.29, 1.82) is 0 Å². The Balaban J connectivity index is 2.23. The zero-order chi connectivity index (χ0) is 14.5. The van der Waals surface area contributed by atoms with Crippen molar-refractivity contribution in [3.05, 3.63) is 65.5 Å². The maximum atomic E-state index is 10.5. The molecule has 106 valence electrons. The topological polar surface area (TPSA) is 59.1 Å². The van der Waals surface area contributed by atoms with Gasteiger partial charge >= 0.3 is 0 Å². The predicted octanol–water partition coefficient (Wildman–Crippen LogP) is 2.98. The van der Waals surface area contributed by atoms with Gasteiger partial charge < -0.3 is 10.8 Å². The van der Waals surface area contributed by atoms with E-state index in [1.54, 1.807) is 12.4 Å². The molecule has 2 aromatic rings. The SMILES string of the molecule is CC(C)c1ccc(C(CN)C(O)c2cccnc2)cc1. The van der Waals surface area contributed by atoms with Crippen LogP contribution in [0.4, 0.5) is 0 Å². The third kappa shape index (κ3) is 3.24. The molecule has 1 aromatic heterocycles. The van der Waals surface area contributed by atoms with Crippen molar-refractivity contribution in [2.75, 3.05) is 6.54 Å². The highest BCUT2D eigenvalue weighted by atomic mass is 16.3. The second-order valence-electron chi connectivity index (χ2n) is 5.39. The van der Waals surface area contributed by atoms with Gasteiger partial charge in [-0.15, -0.1) is 0 Å². The Bertz CT molecular complexity index is 522. The van der Waals surface area contributed by atoms with Crippen molar-refractivity contribution < 1.29 is 5.11 Å². The van der Waals surface area contributed by atoms with Gasteiger partial charge in [0.05, 0.1) is 6.10 Å². The van der Waals surface area contributed by atoms with Gasteiger partial charge in [-0.25, -0.2) is 0 Å². The molecule has 0 saturated carbocycles. The van der Waals surface area contributed by atoms with Crippen LogP contribution in [0, 0.1) is 0 Å². The van der Waals surface area contributed by atoms with Crippen LogP contribution in [0.5, 0.6) is 0 Å². The Morgan fingerprint density at radius 2 is 1.70 bits per heavy atom. The fraction of sp³-hybridized carbons (Fsp3) is 0.353. The van der Waals surface area contributed by atoms with Crippen LogP contribution in [0.25, 0.3) is 0 Å². The van der Waals surface area contributed by atoms with Gasteiger partial charge in [0.2, 0.25) is 0 Å². The van der Waals surface area contributed by atoms with Gasteiger partial charge in [-0.1, -0.05) is 44.2 Å². The monoisotopic (exact) mass is 270 g/mol. The molecule has 0 aliphatic heterocycles. The van der Waals surface area contributed by atoms with E-state index in [9.17, 15) is 5.11 Å². The highest BCUT2D eigenvalue weighted by Crippen LogP contribution is 2.30. The highest BCUT2D eigenvalue weighted by molar-refractivity contribution is 5.30. The van der Waals surface area contributed by atoms with E-state index in [2.05, 4.69) is 43.1 Å². The molecule has 3 heteroatoms. The second kappa shape index (κ2) is 6.64. The molecule has 2 rings (SSSR count). The Kier molecular flexibility index (Phi) is 4.88. The van der Waals surface area contributed by atoms with Gasteiger partial charge in [0.25, 0.3) is 0 Å². The summed E-state index contributed by atoms with van der Waals surface area (Å²) in [5.41, 5.74) is 9.02. The Morgan fingerprint density at radius 1 is 1.05 bits per heavy atom. The number of hydrogen-bond donors (Lipinski definition) is 2. The highest BCUT2D eigenvalue weighted by Gasteiger charge is 2.21. The van der Waals surface area contributed by atoms with E-state index in [0.717, 1.165) is 11.1 Å². The lowest BCUT2D eigenvalue weighted by atomic mass is 9.88. The zero-order valence-electron chi connectivity index (χ0n) is 12.0. The van der Waals surface area contributed by atoms with E-state index in [0.29, 0.717) is 12.5 Å². The standard InChI is InChI=1S/C17H22N2O/c1-12(2)13-5-7-14(8-6-13)16(10-18)17(20)15-4-3-9-19-11-15/h3-9,11-12,16-17,20H,10,18H2,1-2H3. The number of nitrogens with zero attached hydrogens (tertiary/aromatic N) is 1. The van der Waals surface area contributed by atoms with Gasteiger partial charge in [0.1, 0.15) is 0 Å². The van der Waals surface area contributed by atoms with Crippen molar-refractivity contribution in [3.8, 4) is 0 Å². The van der Waals surface area contributed by atoms with Gasteiger partial charge in [-0.3, -0.25) is 4.98 Å². The number of aromatic nitrogens is 1. The third-order valence-electron chi connectivity index (χ3n) is 3.69. The first-order chi connectivity index (χ1) is 9.63. The van der Waals surface area contributed by atoms with Gasteiger partial charge in [-0.2, -0.15) is 0 Å². The van der Waals surface area contributed by atoms with Crippen molar-refractivity contribution >= 4 is 0 Å². The summed E-state index contributed by atoms with van der Waals surface area (Å²) >= 11 is 0. The summed E-state index contributed by atoms with van der Waals surface area (Å²) in [7, 11) is 0. The lowest BCUT2D eigenvalue weighted by Gasteiger charge is -2.22.